The van der Waals surface area contributed by atoms with Crippen molar-refractivity contribution in [3.63, 3.8) is 0 Å². The van der Waals surface area contributed by atoms with E-state index in [0.717, 1.165) is 29.9 Å². The standard InChI is InChI=1S/C19H26N4O2.C2HF3O2/c1-14-6-4-5-7-18(14)23-12-17(9-21-23)8-20-19(24)13-22-10-15(2)25-16(3)11-22;3-2(4,5)1(6)7/h4-7,9,12,15-16H,8,10-11,13H2,1-3H3,(H,20,24);(H,6,7)/t15-,16+;. The molecule has 1 aliphatic heterocycles. The van der Waals surface area contributed by atoms with Crippen LogP contribution in [0.3, 0.4) is 0 Å². The van der Waals surface area contributed by atoms with Crippen molar-refractivity contribution in [1.29, 1.82) is 0 Å². The van der Waals surface area contributed by atoms with Gasteiger partial charge in [-0.1, -0.05) is 18.2 Å². The molecule has 0 saturated carbocycles. The first-order valence-electron chi connectivity index (χ1n) is 10.00. The Bertz CT molecular complexity index is 906. The van der Waals surface area contributed by atoms with Crippen molar-refractivity contribution < 1.29 is 32.6 Å². The topological polar surface area (TPSA) is 96.7 Å². The van der Waals surface area contributed by atoms with Gasteiger partial charge in [-0.2, -0.15) is 18.3 Å². The highest BCUT2D eigenvalue weighted by Gasteiger charge is 2.38. The minimum Gasteiger partial charge on any atom is -0.475 e. The number of carboxylic acids is 1. The van der Waals surface area contributed by atoms with Gasteiger partial charge in [0.05, 0.1) is 30.6 Å². The van der Waals surface area contributed by atoms with E-state index in [1.165, 1.54) is 0 Å². The molecule has 0 spiro atoms. The zero-order chi connectivity index (χ0) is 23.9. The first-order chi connectivity index (χ1) is 15.0. The van der Waals surface area contributed by atoms with Crippen LogP contribution in [0.15, 0.2) is 36.7 Å². The normalized spacial score (nSPS) is 19.1. The second-order valence-electron chi connectivity index (χ2n) is 7.61. The average Bonchev–Trinajstić information content (AvgIpc) is 3.14. The molecule has 1 saturated heterocycles. The highest BCUT2D eigenvalue weighted by molar-refractivity contribution is 5.78. The van der Waals surface area contributed by atoms with Crippen molar-refractivity contribution in [3.8, 4) is 5.69 Å². The summed E-state index contributed by atoms with van der Waals surface area (Å²) in [6, 6.07) is 8.10. The molecule has 1 aromatic carbocycles. The molecule has 3 rings (SSSR count). The first-order valence-corrected chi connectivity index (χ1v) is 10.00. The maximum atomic E-state index is 12.2. The molecule has 176 valence electrons. The fourth-order valence-corrected chi connectivity index (χ4v) is 3.28. The van der Waals surface area contributed by atoms with E-state index in [0.29, 0.717) is 13.1 Å². The molecule has 32 heavy (non-hydrogen) atoms. The van der Waals surface area contributed by atoms with Crippen LogP contribution in [0.25, 0.3) is 5.69 Å². The zero-order valence-electron chi connectivity index (χ0n) is 18.1. The van der Waals surface area contributed by atoms with E-state index in [1.807, 2.05) is 42.9 Å². The molecule has 0 unspecified atom stereocenters. The molecule has 1 aromatic heterocycles. The number of hydrogen-bond donors (Lipinski definition) is 2. The molecular weight excluding hydrogens is 429 g/mol. The third kappa shape index (κ3) is 7.97. The SMILES string of the molecule is Cc1ccccc1-n1cc(CNC(=O)CN2C[C@@H](C)O[C@@H](C)C2)cn1.O=C(O)C(F)(F)F. The summed E-state index contributed by atoms with van der Waals surface area (Å²) in [6.45, 7) is 8.62. The van der Waals surface area contributed by atoms with Gasteiger partial charge >= 0.3 is 12.1 Å². The molecule has 2 aromatic rings. The van der Waals surface area contributed by atoms with Crippen LogP contribution in [0.2, 0.25) is 0 Å². The summed E-state index contributed by atoms with van der Waals surface area (Å²) in [4.78, 5) is 23.2. The van der Waals surface area contributed by atoms with Crippen LogP contribution < -0.4 is 5.32 Å². The monoisotopic (exact) mass is 456 g/mol. The number of ether oxygens (including phenoxy) is 1. The number of hydrogen-bond acceptors (Lipinski definition) is 5. The number of halogens is 3. The number of carboxylic acid groups (broad SMARTS) is 1. The fourth-order valence-electron chi connectivity index (χ4n) is 3.28. The predicted molar refractivity (Wildman–Crippen MR) is 110 cm³/mol. The molecule has 2 atom stereocenters. The molecule has 1 aliphatic rings. The Morgan fingerprint density at radius 2 is 1.81 bits per heavy atom. The lowest BCUT2D eigenvalue weighted by molar-refractivity contribution is -0.192. The average molecular weight is 456 g/mol. The number of aliphatic carboxylic acids is 1. The number of carbonyl (C=O) groups excluding carboxylic acids is 1. The smallest absolute Gasteiger partial charge is 0.475 e. The second-order valence-corrected chi connectivity index (χ2v) is 7.61. The van der Waals surface area contributed by atoms with Gasteiger partial charge in [0.25, 0.3) is 0 Å². The maximum Gasteiger partial charge on any atom is 0.490 e. The Morgan fingerprint density at radius 1 is 1.22 bits per heavy atom. The summed E-state index contributed by atoms with van der Waals surface area (Å²) >= 11 is 0. The Morgan fingerprint density at radius 3 is 2.38 bits per heavy atom. The lowest BCUT2D eigenvalue weighted by Crippen LogP contribution is -2.49. The molecule has 11 heteroatoms. The van der Waals surface area contributed by atoms with Crippen LogP contribution in [0.1, 0.15) is 25.0 Å². The number of nitrogens with zero attached hydrogens (tertiary/aromatic N) is 3. The number of amides is 1. The highest BCUT2D eigenvalue weighted by Crippen LogP contribution is 2.14. The Labute approximate surface area is 184 Å². The van der Waals surface area contributed by atoms with Crippen LogP contribution in [0, 0.1) is 6.92 Å². The molecule has 0 bridgehead atoms. The summed E-state index contributed by atoms with van der Waals surface area (Å²) < 4.78 is 39.3. The van der Waals surface area contributed by atoms with E-state index in [-0.39, 0.29) is 18.1 Å². The minimum atomic E-state index is -5.08. The van der Waals surface area contributed by atoms with Crippen molar-refractivity contribution in [2.45, 2.75) is 45.7 Å². The number of aromatic nitrogens is 2. The minimum absolute atomic E-state index is 0.0324. The van der Waals surface area contributed by atoms with E-state index in [2.05, 4.69) is 28.3 Å². The van der Waals surface area contributed by atoms with E-state index < -0.39 is 12.1 Å². The van der Waals surface area contributed by atoms with E-state index >= 15 is 0 Å². The summed E-state index contributed by atoms with van der Waals surface area (Å²) in [5.74, 6) is -2.72. The first kappa shape index (κ1) is 25.3. The number of rotatable bonds is 5. The number of benzene rings is 1. The highest BCUT2D eigenvalue weighted by atomic mass is 19.4. The van der Waals surface area contributed by atoms with Crippen LogP contribution in [0.5, 0.6) is 0 Å². The maximum absolute atomic E-state index is 12.2. The molecule has 8 nitrogen and oxygen atoms in total. The van der Waals surface area contributed by atoms with Gasteiger partial charge in [-0.05, 0) is 32.4 Å². The summed E-state index contributed by atoms with van der Waals surface area (Å²) in [5, 5.41) is 14.5. The van der Waals surface area contributed by atoms with Gasteiger partial charge in [-0.3, -0.25) is 9.69 Å². The van der Waals surface area contributed by atoms with Crippen LogP contribution in [0.4, 0.5) is 13.2 Å². The van der Waals surface area contributed by atoms with E-state index in [9.17, 15) is 18.0 Å². The summed E-state index contributed by atoms with van der Waals surface area (Å²) in [6.07, 6.45) is -0.986. The molecule has 2 N–H and O–H groups in total. The van der Waals surface area contributed by atoms with Gasteiger partial charge in [0.2, 0.25) is 5.91 Å². The van der Waals surface area contributed by atoms with Gasteiger partial charge in [0, 0.05) is 31.4 Å². The number of aryl methyl sites for hydroxylation is 1. The van der Waals surface area contributed by atoms with Crippen molar-refractivity contribution in [3.05, 3.63) is 47.8 Å². The number of carbonyl (C=O) groups is 2. The molecule has 0 aliphatic carbocycles. The number of nitrogens with one attached hydrogen (secondary N) is 1. The number of alkyl halides is 3. The lowest BCUT2D eigenvalue weighted by Gasteiger charge is -2.34. The number of para-hydroxylation sites is 1. The largest absolute Gasteiger partial charge is 0.490 e. The van der Waals surface area contributed by atoms with E-state index in [1.54, 1.807) is 6.20 Å². The quantitative estimate of drug-likeness (QED) is 0.718. The van der Waals surface area contributed by atoms with Crippen molar-refractivity contribution >= 4 is 11.9 Å². The molecular formula is C21H27F3N4O4. The Balaban J connectivity index is 0.000000451. The second kappa shape index (κ2) is 11.1. The van der Waals surface area contributed by atoms with Crippen LogP contribution in [-0.4, -0.2) is 69.7 Å². The van der Waals surface area contributed by atoms with E-state index in [4.69, 9.17) is 14.6 Å². The van der Waals surface area contributed by atoms with Gasteiger partial charge in [0.1, 0.15) is 0 Å². The summed E-state index contributed by atoms with van der Waals surface area (Å²) in [7, 11) is 0. The Kier molecular flexibility index (Phi) is 8.79. The zero-order valence-corrected chi connectivity index (χ0v) is 18.1. The molecule has 1 fully saturated rings. The molecule has 1 amide bonds. The van der Waals surface area contributed by atoms with Gasteiger partial charge < -0.3 is 15.2 Å². The Hall–Kier alpha value is -2.92. The van der Waals surface area contributed by atoms with Crippen LogP contribution >= 0.6 is 0 Å². The predicted octanol–water partition coefficient (Wildman–Crippen LogP) is 2.54. The van der Waals surface area contributed by atoms with Gasteiger partial charge in [-0.25, -0.2) is 9.48 Å². The van der Waals surface area contributed by atoms with Gasteiger partial charge in [0.15, 0.2) is 0 Å². The van der Waals surface area contributed by atoms with Gasteiger partial charge in [-0.15, -0.1) is 0 Å². The lowest BCUT2D eigenvalue weighted by atomic mass is 10.2. The van der Waals surface area contributed by atoms with Crippen molar-refractivity contribution in [1.82, 2.24) is 20.0 Å². The molecule has 0 radical (unpaired) electrons. The van der Waals surface area contributed by atoms with Crippen molar-refractivity contribution in [2.75, 3.05) is 19.6 Å². The molecule has 2 heterocycles. The summed E-state index contributed by atoms with van der Waals surface area (Å²) in [5.41, 5.74) is 3.20. The van der Waals surface area contributed by atoms with Crippen molar-refractivity contribution in [2.24, 2.45) is 0 Å². The van der Waals surface area contributed by atoms with Crippen LogP contribution in [-0.2, 0) is 20.9 Å². The number of morpholine rings is 1. The third-order valence-electron chi connectivity index (χ3n) is 4.59. The fraction of sp³-hybridized carbons (Fsp3) is 0.476. The third-order valence-corrected chi connectivity index (χ3v) is 4.59.